The Morgan fingerprint density at radius 1 is 1.11 bits per heavy atom. The van der Waals surface area contributed by atoms with Crippen molar-refractivity contribution in [1.29, 1.82) is 0 Å². The molecule has 102 valence electrons. The molecule has 1 atom stereocenters. The Balaban J connectivity index is 2.56. The quantitative estimate of drug-likeness (QED) is 0.492. The normalized spacial score (nSPS) is 13.9. The van der Waals surface area contributed by atoms with Gasteiger partial charge in [0, 0.05) is 8.80 Å². The second-order valence-electron chi connectivity index (χ2n) is 6.66. The van der Waals surface area contributed by atoms with Crippen LogP contribution in [0.2, 0.25) is 19.1 Å². The number of halogens is 1. The third-order valence-corrected chi connectivity index (χ3v) is 5.41. The Kier molecular flexibility index (Phi) is 5.93. The summed E-state index contributed by atoms with van der Waals surface area (Å²) in [6, 6.07) is 10.3. The lowest BCUT2D eigenvalue weighted by atomic mass is 9.86. The van der Waals surface area contributed by atoms with Gasteiger partial charge >= 0.3 is 0 Å². The average molecular weight is 283 g/mol. The first-order valence-electron chi connectivity index (χ1n) is 7.05. The molecular formula is C16H27ClSi. The van der Waals surface area contributed by atoms with Crippen molar-refractivity contribution in [2.24, 2.45) is 0 Å². The zero-order valence-electron chi connectivity index (χ0n) is 12.5. The standard InChI is InChI=1S/C16H27ClSi/c1-16(2,3)14-10-8-13(9-11-14)15(17)7-6-12-18(4)5/h8-11,15,18H,6-7,12H2,1-5H3. The van der Waals surface area contributed by atoms with E-state index in [0.29, 0.717) is 0 Å². The summed E-state index contributed by atoms with van der Waals surface area (Å²) in [4.78, 5) is 0. The van der Waals surface area contributed by atoms with Crippen molar-refractivity contribution in [3.05, 3.63) is 35.4 Å². The van der Waals surface area contributed by atoms with Crippen LogP contribution < -0.4 is 0 Å². The van der Waals surface area contributed by atoms with Gasteiger partial charge in [-0.05, 0) is 23.0 Å². The first-order valence-corrected chi connectivity index (χ1v) is 10.6. The van der Waals surface area contributed by atoms with E-state index in [1.54, 1.807) is 0 Å². The molecule has 0 bridgehead atoms. The Morgan fingerprint density at radius 3 is 2.11 bits per heavy atom. The molecule has 0 saturated carbocycles. The molecule has 0 saturated heterocycles. The molecule has 1 aromatic rings. The van der Waals surface area contributed by atoms with Gasteiger partial charge in [0.15, 0.2) is 0 Å². The Morgan fingerprint density at radius 2 is 1.67 bits per heavy atom. The maximum absolute atomic E-state index is 6.47. The fourth-order valence-electron chi connectivity index (χ4n) is 2.06. The van der Waals surface area contributed by atoms with Crippen LogP contribution in [0.1, 0.15) is 50.1 Å². The van der Waals surface area contributed by atoms with E-state index in [1.807, 2.05) is 0 Å². The zero-order chi connectivity index (χ0) is 13.8. The molecule has 0 fully saturated rings. The fraction of sp³-hybridized carbons (Fsp3) is 0.625. The van der Waals surface area contributed by atoms with Crippen molar-refractivity contribution in [2.75, 3.05) is 0 Å². The molecule has 0 aliphatic heterocycles. The van der Waals surface area contributed by atoms with Crippen LogP contribution in [-0.2, 0) is 5.41 Å². The van der Waals surface area contributed by atoms with Crippen LogP contribution >= 0.6 is 11.6 Å². The monoisotopic (exact) mass is 282 g/mol. The van der Waals surface area contributed by atoms with Gasteiger partial charge in [-0.15, -0.1) is 11.6 Å². The van der Waals surface area contributed by atoms with E-state index >= 15 is 0 Å². The largest absolute Gasteiger partial charge is 0.118 e. The molecule has 0 aliphatic carbocycles. The minimum Gasteiger partial charge on any atom is -0.118 e. The summed E-state index contributed by atoms with van der Waals surface area (Å²) >= 11 is 6.47. The number of hydrogen-bond donors (Lipinski definition) is 0. The topological polar surface area (TPSA) is 0 Å². The van der Waals surface area contributed by atoms with Gasteiger partial charge in [-0.2, -0.15) is 0 Å². The molecular weight excluding hydrogens is 256 g/mol. The van der Waals surface area contributed by atoms with Gasteiger partial charge in [0.25, 0.3) is 0 Å². The summed E-state index contributed by atoms with van der Waals surface area (Å²) in [5.41, 5.74) is 2.88. The van der Waals surface area contributed by atoms with Gasteiger partial charge in [0.1, 0.15) is 0 Å². The Hall–Kier alpha value is -0.273. The van der Waals surface area contributed by atoms with Crippen molar-refractivity contribution in [3.63, 3.8) is 0 Å². The van der Waals surface area contributed by atoms with Gasteiger partial charge < -0.3 is 0 Å². The molecule has 0 N–H and O–H groups in total. The third-order valence-electron chi connectivity index (χ3n) is 3.38. The lowest BCUT2D eigenvalue weighted by molar-refractivity contribution is 0.589. The minimum atomic E-state index is -0.413. The molecule has 0 aliphatic rings. The predicted molar refractivity (Wildman–Crippen MR) is 86.7 cm³/mol. The van der Waals surface area contributed by atoms with Crippen LogP contribution in [0, 0.1) is 0 Å². The average Bonchev–Trinajstić information content (AvgIpc) is 2.27. The first-order chi connectivity index (χ1) is 8.30. The smallest absolute Gasteiger partial charge is 0.0585 e. The van der Waals surface area contributed by atoms with E-state index in [9.17, 15) is 0 Å². The molecule has 18 heavy (non-hydrogen) atoms. The van der Waals surface area contributed by atoms with Crippen LogP contribution in [0.5, 0.6) is 0 Å². The van der Waals surface area contributed by atoms with Gasteiger partial charge in [0.05, 0.1) is 5.38 Å². The van der Waals surface area contributed by atoms with Crippen molar-refractivity contribution in [2.45, 2.75) is 63.5 Å². The van der Waals surface area contributed by atoms with Gasteiger partial charge in [-0.3, -0.25) is 0 Å². The maximum Gasteiger partial charge on any atom is 0.0585 e. The minimum absolute atomic E-state index is 0.187. The molecule has 0 spiro atoms. The van der Waals surface area contributed by atoms with E-state index in [1.165, 1.54) is 23.6 Å². The summed E-state index contributed by atoms with van der Waals surface area (Å²) in [7, 11) is -0.413. The van der Waals surface area contributed by atoms with E-state index in [-0.39, 0.29) is 10.8 Å². The molecule has 0 aromatic heterocycles. The van der Waals surface area contributed by atoms with Crippen molar-refractivity contribution in [1.82, 2.24) is 0 Å². The Bertz CT molecular complexity index is 348. The number of alkyl halides is 1. The summed E-state index contributed by atoms with van der Waals surface area (Å²) in [6.07, 6.45) is 2.39. The van der Waals surface area contributed by atoms with E-state index in [0.717, 1.165) is 6.42 Å². The molecule has 1 unspecified atom stereocenters. The summed E-state index contributed by atoms with van der Waals surface area (Å²) < 4.78 is 0. The number of rotatable bonds is 5. The highest BCUT2D eigenvalue weighted by Gasteiger charge is 2.14. The van der Waals surface area contributed by atoms with E-state index in [2.05, 4.69) is 58.1 Å². The molecule has 0 heterocycles. The summed E-state index contributed by atoms with van der Waals surface area (Å²) in [5, 5.41) is 0.187. The van der Waals surface area contributed by atoms with E-state index in [4.69, 9.17) is 11.6 Å². The van der Waals surface area contributed by atoms with Crippen LogP contribution in [0.15, 0.2) is 24.3 Å². The SMILES string of the molecule is C[SiH](C)CCCC(Cl)c1ccc(C(C)(C)C)cc1. The molecule has 1 rings (SSSR count). The van der Waals surface area contributed by atoms with Crippen LogP contribution in [0.3, 0.4) is 0 Å². The highest BCUT2D eigenvalue weighted by molar-refractivity contribution is 6.55. The summed E-state index contributed by atoms with van der Waals surface area (Å²) in [5.74, 6) is 0. The highest BCUT2D eigenvalue weighted by atomic mass is 35.5. The maximum atomic E-state index is 6.47. The zero-order valence-corrected chi connectivity index (χ0v) is 14.4. The van der Waals surface area contributed by atoms with Crippen LogP contribution in [-0.4, -0.2) is 8.80 Å². The molecule has 0 radical (unpaired) electrons. The first kappa shape index (κ1) is 15.8. The van der Waals surface area contributed by atoms with Crippen molar-refractivity contribution < 1.29 is 0 Å². The van der Waals surface area contributed by atoms with Crippen LogP contribution in [0.4, 0.5) is 0 Å². The van der Waals surface area contributed by atoms with Gasteiger partial charge in [-0.25, -0.2) is 0 Å². The number of hydrogen-bond acceptors (Lipinski definition) is 0. The van der Waals surface area contributed by atoms with Crippen LogP contribution in [0.25, 0.3) is 0 Å². The van der Waals surface area contributed by atoms with Gasteiger partial charge in [-0.1, -0.05) is 70.6 Å². The second kappa shape index (κ2) is 6.77. The molecule has 1 aromatic carbocycles. The highest BCUT2D eigenvalue weighted by Crippen LogP contribution is 2.29. The molecule has 2 heteroatoms. The molecule has 0 nitrogen and oxygen atoms in total. The van der Waals surface area contributed by atoms with Gasteiger partial charge in [0.2, 0.25) is 0 Å². The lowest BCUT2D eigenvalue weighted by Crippen LogP contribution is -2.10. The lowest BCUT2D eigenvalue weighted by Gasteiger charge is -2.20. The fourth-order valence-corrected chi connectivity index (χ4v) is 3.42. The Labute approximate surface area is 119 Å². The molecule has 0 amide bonds. The number of benzene rings is 1. The van der Waals surface area contributed by atoms with E-state index < -0.39 is 8.80 Å². The van der Waals surface area contributed by atoms with Crippen molar-refractivity contribution >= 4 is 20.4 Å². The third kappa shape index (κ3) is 5.15. The summed E-state index contributed by atoms with van der Waals surface area (Å²) in [6.45, 7) is 11.5. The predicted octanol–water partition coefficient (Wildman–Crippen LogP) is 5.53. The second-order valence-corrected chi connectivity index (χ2v) is 10.6. The van der Waals surface area contributed by atoms with Crippen molar-refractivity contribution in [3.8, 4) is 0 Å².